The molecule has 2 heteroatoms. The Bertz CT molecular complexity index is 184. The number of benzene rings is 1. The van der Waals surface area contributed by atoms with Crippen LogP contribution in [0.25, 0.3) is 0 Å². The third kappa shape index (κ3) is 2.47. The molecule has 10 heavy (non-hydrogen) atoms. The van der Waals surface area contributed by atoms with Crippen molar-refractivity contribution >= 4 is 8.15 Å². The first-order valence-corrected chi connectivity index (χ1v) is 5.15. The largest absolute Gasteiger partial charge is 0.374 e. The van der Waals surface area contributed by atoms with Crippen LogP contribution in [-0.4, -0.2) is 11.6 Å². The van der Waals surface area contributed by atoms with Gasteiger partial charge in [-0.3, -0.25) is 0 Å². The molecule has 0 spiro atoms. The average Bonchev–Trinajstić information content (AvgIpc) is 1.88. The van der Waals surface area contributed by atoms with E-state index >= 15 is 0 Å². The molecule has 0 aromatic heterocycles. The molecule has 0 aliphatic carbocycles. The van der Waals surface area contributed by atoms with Crippen molar-refractivity contribution in [2.75, 3.05) is 6.66 Å². The molecule has 0 heterocycles. The second-order valence-corrected chi connectivity index (χ2v) is 3.93. The summed E-state index contributed by atoms with van der Waals surface area (Å²) in [5.74, 6) is 0. The van der Waals surface area contributed by atoms with Gasteiger partial charge in [0.1, 0.15) is 0 Å². The Kier molecular flexibility index (Phi) is 2.85. The van der Waals surface area contributed by atoms with Gasteiger partial charge >= 0.3 is 0 Å². The van der Waals surface area contributed by atoms with Crippen LogP contribution in [0, 0.1) is 0 Å². The fraction of sp³-hybridized carbons (Fsp3) is 0.250. The third-order valence-corrected chi connectivity index (χ3v) is 2.08. The van der Waals surface area contributed by atoms with E-state index in [2.05, 4.69) is 0 Å². The van der Waals surface area contributed by atoms with Crippen molar-refractivity contribution in [3.8, 4) is 0 Å². The van der Waals surface area contributed by atoms with Crippen LogP contribution >= 0.6 is 8.15 Å². The smallest absolute Gasteiger partial charge is 0.0264 e. The lowest BCUT2D eigenvalue weighted by molar-refractivity contribution is 0.629. The second-order valence-electron chi connectivity index (χ2n) is 2.30. The van der Waals surface area contributed by atoms with Gasteiger partial charge in [-0.25, -0.2) is 0 Å². The van der Waals surface area contributed by atoms with Gasteiger partial charge in [-0.2, -0.15) is 0 Å². The van der Waals surface area contributed by atoms with Crippen molar-refractivity contribution in [1.29, 1.82) is 0 Å². The van der Waals surface area contributed by atoms with Gasteiger partial charge in [-0.1, -0.05) is 30.3 Å². The standard InChI is InChI=1S/C8H11OP/c1-10(9)7-8-5-3-2-4-6-8/h2-6,9H,7H2,1H3. The number of hydrogen-bond acceptors (Lipinski definition) is 1. The average molecular weight is 154 g/mol. The van der Waals surface area contributed by atoms with Crippen LogP contribution in [0.15, 0.2) is 30.3 Å². The van der Waals surface area contributed by atoms with Gasteiger partial charge in [-0.05, 0) is 12.2 Å². The molecular formula is C8H11OP. The molecule has 0 saturated carbocycles. The van der Waals surface area contributed by atoms with E-state index in [-0.39, 0.29) is 0 Å². The minimum atomic E-state index is -0.777. The zero-order valence-electron chi connectivity index (χ0n) is 5.99. The SMILES string of the molecule is CP(O)Cc1ccccc1. The highest BCUT2D eigenvalue weighted by Crippen LogP contribution is 2.28. The Labute approximate surface area is 62.5 Å². The molecule has 0 aliphatic rings. The summed E-state index contributed by atoms with van der Waals surface area (Å²) < 4.78 is 0. The maximum Gasteiger partial charge on any atom is 0.0264 e. The first kappa shape index (κ1) is 7.71. The quantitative estimate of drug-likeness (QED) is 0.647. The van der Waals surface area contributed by atoms with Gasteiger partial charge in [0.05, 0.1) is 0 Å². The molecule has 1 N–H and O–H groups in total. The van der Waals surface area contributed by atoms with E-state index in [4.69, 9.17) is 4.89 Å². The molecule has 1 atom stereocenters. The van der Waals surface area contributed by atoms with E-state index in [0.717, 1.165) is 6.16 Å². The monoisotopic (exact) mass is 154 g/mol. The van der Waals surface area contributed by atoms with E-state index in [1.807, 2.05) is 37.0 Å². The molecule has 0 amide bonds. The molecule has 1 unspecified atom stereocenters. The van der Waals surface area contributed by atoms with Gasteiger partial charge < -0.3 is 4.89 Å². The summed E-state index contributed by atoms with van der Waals surface area (Å²) in [6, 6.07) is 10.0. The fourth-order valence-corrected chi connectivity index (χ4v) is 1.59. The number of hydrogen-bond donors (Lipinski definition) is 1. The van der Waals surface area contributed by atoms with Crippen LogP contribution in [0.3, 0.4) is 0 Å². The summed E-state index contributed by atoms with van der Waals surface area (Å²) in [4.78, 5) is 9.07. The minimum absolute atomic E-state index is 0.777. The topological polar surface area (TPSA) is 20.2 Å². The minimum Gasteiger partial charge on any atom is -0.374 e. The molecular weight excluding hydrogens is 143 g/mol. The van der Waals surface area contributed by atoms with Crippen LogP contribution in [-0.2, 0) is 6.16 Å². The van der Waals surface area contributed by atoms with Crippen LogP contribution < -0.4 is 0 Å². The molecule has 0 fully saturated rings. The Morgan fingerprint density at radius 3 is 2.40 bits per heavy atom. The summed E-state index contributed by atoms with van der Waals surface area (Å²) in [5, 5.41) is 0. The lowest BCUT2D eigenvalue weighted by Gasteiger charge is -2.01. The van der Waals surface area contributed by atoms with Crippen molar-refractivity contribution in [2.24, 2.45) is 0 Å². The zero-order chi connectivity index (χ0) is 7.40. The van der Waals surface area contributed by atoms with Gasteiger partial charge in [-0.15, -0.1) is 0 Å². The van der Waals surface area contributed by atoms with Crippen LogP contribution in [0.2, 0.25) is 0 Å². The Balaban J connectivity index is 2.59. The normalized spacial score (nSPS) is 13.0. The van der Waals surface area contributed by atoms with E-state index in [0.29, 0.717) is 0 Å². The zero-order valence-corrected chi connectivity index (χ0v) is 6.88. The fourth-order valence-electron chi connectivity index (χ4n) is 0.848. The molecule has 0 bridgehead atoms. The van der Waals surface area contributed by atoms with E-state index < -0.39 is 8.15 Å². The highest BCUT2D eigenvalue weighted by molar-refractivity contribution is 7.49. The molecule has 1 aromatic carbocycles. The summed E-state index contributed by atoms with van der Waals surface area (Å²) in [5.41, 5.74) is 1.22. The molecule has 1 nitrogen and oxygen atoms in total. The van der Waals surface area contributed by atoms with Crippen molar-refractivity contribution in [2.45, 2.75) is 6.16 Å². The van der Waals surface area contributed by atoms with E-state index in [1.165, 1.54) is 5.56 Å². The summed E-state index contributed by atoms with van der Waals surface area (Å²) in [6.45, 7) is 1.86. The first-order chi connectivity index (χ1) is 4.79. The summed E-state index contributed by atoms with van der Waals surface area (Å²) in [6.07, 6.45) is 0.816. The van der Waals surface area contributed by atoms with Gasteiger partial charge in [0.15, 0.2) is 0 Å². The highest BCUT2D eigenvalue weighted by Gasteiger charge is 1.95. The molecule has 1 rings (SSSR count). The molecule has 1 aromatic rings. The van der Waals surface area contributed by atoms with Crippen LogP contribution in [0.5, 0.6) is 0 Å². The third-order valence-electron chi connectivity index (χ3n) is 1.25. The van der Waals surface area contributed by atoms with Gasteiger partial charge in [0, 0.05) is 14.3 Å². The Hall–Kier alpha value is -0.390. The maximum absolute atomic E-state index is 9.07. The summed E-state index contributed by atoms with van der Waals surface area (Å²) in [7, 11) is -0.777. The maximum atomic E-state index is 9.07. The van der Waals surface area contributed by atoms with Gasteiger partial charge in [0.2, 0.25) is 0 Å². The van der Waals surface area contributed by atoms with E-state index in [9.17, 15) is 0 Å². The first-order valence-electron chi connectivity index (χ1n) is 3.23. The molecule has 0 radical (unpaired) electrons. The molecule has 0 aliphatic heterocycles. The second kappa shape index (κ2) is 3.70. The van der Waals surface area contributed by atoms with Crippen LogP contribution in [0.4, 0.5) is 0 Å². The Morgan fingerprint density at radius 1 is 1.30 bits per heavy atom. The lowest BCUT2D eigenvalue weighted by Crippen LogP contribution is -1.79. The van der Waals surface area contributed by atoms with Gasteiger partial charge in [0.25, 0.3) is 0 Å². The van der Waals surface area contributed by atoms with E-state index in [1.54, 1.807) is 0 Å². The molecule has 0 saturated heterocycles. The van der Waals surface area contributed by atoms with Crippen molar-refractivity contribution in [3.63, 3.8) is 0 Å². The van der Waals surface area contributed by atoms with Crippen molar-refractivity contribution in [1.82, 2.24) is 0 Å². The van der Waals surface area contributed by atoms with Crippen molar-refractivity contribution < 1.29 is 4.89 Å². The predicted octanol–water partition coefficient (Wildman–Crippen LogP) is 2.21. The summed E-state index contributed by atoms with van der Waals surface area (Å²) >= 11 is 0. The predicted molar refractivity (Wildman–Crippen MR) is 45.2 cm³/mol. The lowest BCUT2D eigenvalue weighted by atomic mass is 10.2. The highest BCUT2D eigenvalue weighted by atomic mass is 31.1. The Morgan fingerprint density at radius 2 is 1.90 bits per heavy atom. The van der Waals surface area contributed by atoms with Crippen LogP contribution in [0.1, 0.15) is 5.56 Å². The molecule has 54 valence electrons. The van der Waals surface area contributed by atoms with Crippen molar-refractivity contribution in [3.05, 3.63) is 35.9 Å². The number of rotatable bonds is 2.